The van der Waals surface area contributed by atoms with Gasteiger partial charge >= 0.3 is 0 Å². The van der Waals surface area contributed by atoms with Gasteiger partial charge in [-0.1, -0.05) is 0 Å². The summed E-state index contributed by atoms with van der Waals surface area (Å²) in [7, 11) is 0. The number of aliphatic hydroxyl groups is 1. The van der Waals surface area contributed by atoms with Crippen molar-refractivity contribution in [3.05, 3.63) is 29.6 Å². The monoisotopic (exact) mass is 170 g/mol. The lowest BCUT2D eigenvalue weighted by molar-refractivity contribution is 0.0742. The molecule has 0 aliphatic heterocycles. The number of phenols is 1. The molecule has 0 fully saturated rings. The highest BCUT2D eigenvalue weighted by atomic mass is 19.1. The lowest BCUT2D eigenvalue weighted by Crippen LogP contribution is -2.17. The number of hydrogen-bond acceptors (Lipinski definition) is 2. The Morgan fingerprint density at radius 1 is 1.33 bits per heavy atom. The summed E-state index contributed by atoms with van der Waals surface area (Å²) in [4.78, 5) is 0. The zero-order valence-electron chi connectivity index (χ0n) is 7.00. The van der Waals surface area contributed by atoms with Crippen LogP contribution in [0.3, 0.4) is 0 Å². The lowest BCUT2D eigenvalue weighted by Gasteiger charge is -2.18. The summed E-state index contributed by atoms with van der Waals surface area (Å²) in [5.74, 6) is -0.561. The van der Waals surface area contributed by atoms with Crippen LogP contribution in [0.2, 0.25) is 0 Å². The average Bonchev–Trinajstić information content (AvgIpc) is 1.92. The molecule has 0 atom stereocenters. The van der Waals surface area contributed by atoms with E-state index < -0.39 is 11.4 Å². The summed E-state index contributed by atoms with van der Waals surface area (Å²) in [5, 5.41) is 18.5. The molecule has 66 valence electrons. The summed E-state index contributed by atoms with van der Waals surface area (Å²) in [6, 6.07) is 3.59. The minimum absolute atomic E-state index is 0.0477. The fourth-order valence-electron chi connectivity index (χ4n) is 0.982. The molecule has 0 saturated carbocycles. The molecule has 0 bridgehead atoms. The molecule has 0 aromatic heterocycles. The lowest BCUT2D eigenvalue weighted by atomic mass is 9.98. The molecule has 2 nitrogen and oxygen atoms in total. The second-order valence-corrected chi connectivity index (χ2v) is 3.22. The van der Waals surface area contributed by atoms with Crippen LogP contribution < -0.4 is 0 Å². The van der Waals surface area contributed by atoms with E-state index in [9.17, 15) is 9.50 Å². The number of rotatable bonds is 1. The second kappa shape index (κ2) is 2.75. The zero-order valence-corrected chi connectivity index (χ0v) is 7.00. The number of aromatic hydroxyl groups is 1. The molecular formula is C9H11FO2. The predicted molar refractivity (Wildman–Crippen MR) is 43.3 cm³/mol. The van der Waals surface area contributed by atoms with Crippen molar-refractivity contribution in [2.75, 3.05) is 0 Å². The van der Waals surface area contributed by atoms with E-state index in [-0.39, 0.29) is 11.3 Å². The third-order valence-electron chi connectivity index (χ3n) is 1.61. The van der Waals surface area contributed by atoms with Crippen LogP contribution in [0.5, 0.6) is 5.75 Å². The van der Waals surface area contributed by atoms with E-state index in [1.807, 2.05) is 0 Å². The molecular weight excluding hydrogens is 159 g/mol. The van der Waals surface area contributed by atoms with Gasteiger partial charge in [0.05, 0.1) is 5.60 Å². The van der Waals surface area contributed by atoms with E-state index in [1.165, 1.54) is 26.0 Å². The van der Waals surface area contributed by atoms with Crippen LogP contribution in [0.15, 0.2) is 18.2 Å². The fourth-order valence-corrected chi connectivity index (χ4v) is 0.982. The third-order valence-corrected chi connectivity index (χ3v) is 1.61. The van der Waals surface area contributed by atoms with Crippen molar-refractivity contribution in [3.8, 4) is 5.75 Å². The normalized spacial score (nSPS) is 11.7. The molecule has 3 heteroatoms. The average molecular weight is 170 g/mol. The first-order valence-corrected chi connectivity index (χ1v) is 3.62. The Kier molecular flexibility index (Phi) is 2.06. The van der Waals surface area contributed by atoms with Crippen LogP contribution in [-0.4, -0.2) is 10.2 Å². The largest absolute Gasteiger partial charge is 0.508 e. The molecule has 0 amide bonds. The quantitative estimate of drug-likeness (QED) is 0.674. The molecule has 0 saturated heterocycles. The molecule has 1 rings (SSSR count). The van der Waals surface area contributed by atoms with Gasteiger partial charge in [0.25, 0.3) is 0 Å². The summed E-state index contributed by atoms with van der Waals surface area (Å²) in [6.45, 7) is 2.93. The van der Waals surface area contributed by atoms with E-state index in [0.29, 0.717) is 0 Å². The van der Waals surface area contributed by atoms with Gasteiger partial charge < -0.3 is 10.2 Å². The fraction of sp³-hybridized carbons (Fsp3) is 0.333. The van der Waals surface area contributed by atoms with Gasteiger partial charge in [-0.05, 0) is 32.0 Å². The van der Waals surface area contributed by atoms with Gasteiger partial charge in [-0.2, -0.15) is 0 Å². The van der Waals surface area contributed by atoms with Crippen molar-refractivity contribution in [1.82, 2.24) is 0 Å². The molecule has 0 radical (unpaired) electrons. The van der Waals surface area contributed by atoms with Gasteiger partial charge in [-0.3, -0.25) is 0 Å². The van der Waals surface area contributed by atoms with Crippen LogP contribution in [-0.2, 0) is 5.60 Å². The number of phenolic OH excluding ortho intramolecular Hbond substituents is 1. The first-order valence-electron chi connectivity index (χ1n) is 3.62. The van der Waals surface area contributed by atoms with Crippen LogP contribution in [0.4, 0.5) is 4.39 Å². The van der Waals surface area contributed by atoms with E-state index in [0.717, 1.165) is 6.07 Å². The van der Waals surface area contributed by atoms with E-state index in [1.54, 1.807) is 0 Å². The van der Waals surface area contributed by atoms with Crippen LogP contribution >= 0.6 is 0 Å². The molecule has 0 aliphatic rings. The SMILES string of the molecule is CC(C)(O)c1cc(O)ccc1F. The van der Waals surface area contributed by atoms with Crippen molar-refractivity contribution in [2.24, 2.45) is 0 Å². The van der Waals surface area contributed by atoms with Gasteiger partial charge in [0, 0.05) is 5.56 Å². The van der Waals surface area contributed by atoms with Crippen LogP contribution in [0.1, 0.15) is 19.4 Å². The smallest absolute Gasteiger partial charge is 0.129 e. The Hall–Kier alpha value is -1.09. The Morgan fingerprint density at radius 3 is 2.33 bits per heavy atom. The Bertz CT molecular complexity index is 289. The molecule has 1 aromatic carbocycles. The van der Waals surface area contributed by atoms with Crippen molar-refractivity contribution in [3.63, 3.8) is 0 Å². The first-order chi connectivity index (χ1) is 5.41. The number of halogens is 1. The van der Waals surface area contributed by atoms with Gasteiger partial charge in [-0.25, -0.2) is 4.39 Å². The maximum atomic E-state index is 13.0. The predicted octanol–water partition coefficient (Wildman–Crippen LogP) is 1.76. The summed E-state index contributed by atoms with van der Waals surface area (Å²) >= 11 is 0. The maximum absolute atomic E-state index is 13.0. The standard InChI is InChI=1S/C9H11FO2/c1-9(2,12)7-5-6(11)3-4-8(7)10/h3-5,11-12H,1-2H3. The number of benzene rings is 1. The van der Waals surface area contributed by atoms with Crippen molar-refractivity contribution in [1.29, 1.82) is 0 Å². The van der Waals surface area contributed by atoms with Crippen LogP contribution in [0.25, 0.3) is 0 Å². The third kappa shape index (κ3) is 1.74. The molecule has 2 N–H and O–H groups in total. The van der Waals surface area contributed by atoms with Crippen molar-refractivity contribution in [2.45, 2.75) is 19.4 Å². The molecule has 0 heterocycles. The van der Waals surface area contributed by atoms with Gasteiger partial charge in [0.1, 0.15) is 11.6 Å². The van der Waals surface area contributed by atoms with Crippen molar-refractivity contribution < 1.29 is 14.6 Å². The van der Waals surface area contributed by atoms with E-state index in [2.05, 4.69) is 0 Å². The van der Waals surface area contributed by atoms with Crippen molar-refractivity contribution >= 4 is 0 Å². The minimum Gasteiger partial charge on any atom is -0.508 e. The molecule has 0 spiro atoms. The zero-order chi connectivity index (χ0) is 9.35. The Labute approximate surface area is 70.3 Å². The summed E-state index contributed by atoms with van der Waals surface area (Å²) in [5.41, 5.74) is -1.16. The molecule has 12 heavy (non-hydrogen) atoms. The summed E-state index contributed by atoms with van der Waals surface area (Å²) < 4.78 is 13.0. The number of hydrogen-bond donors (Lipinski definition) is 2. The van der Waals surface area contributed by atoms with E-state index in [4.69, 9.17) is 5.11 Å². The molecule has 0 aliphatic carbocycles. The van der Waals surface area contributed by atoms with Gasteiger partial charge in [0.2, 0.25) is 0 Å². The van der Waals surface area contributed by atoms with Crippen LogP contribution in [0, 0.1) is 5.82 Å². The highest BCUT2D eigenvalue weighted by molar-refractivity contribution is 5.31. The molecule has 0 unspecified atom stereocenters. The molecule has 1 aromatic rings. The Morgan fingerprint density at radius 2 is 1.92 bits per heavy atom. The first kappa shape index (κ1) is 9.00. The van der Waals surface area contributed by atoms with Gasteiger partial charge in [-0.15, -0.1) is 0 Å². The van der Waals surface area contributed by atoms with E-state index >= 15 is 0 Å². The summed E-state index contributed by atoms with van der Waals surface area (Å²) in [6.07, 6.45) is 0. The Balaban J connectivity index is 3.23. The second-order valence-electron chi connectivity index (χ2n) is 3.22. The van der Waals surface area contributed by atoms with Gasteiger partial charge in [0.15, 0.2) is 0 Å². The maximum Gasteiger partial charge on any atom is 0.129 e. The highest BCUT2D eigenvalue weighted by Gasteiger charge is 2.20. The minimum atomic E-state index is -1.26. The topological polar surface area (TPSA) is 40.5 Å². The highest BCUT2D eigenvalue weighted by Crippen LogP contribution is 2.25.